The topological polar surface area (TPSA) is 76.5 Å². The van der Waals surface area contributed by atoms with Crippen molar-refractivity contribution in [3.63, 3.8) is 0 Å². The molecule has 0 radical (unpaired) electrons. The summed E-state index contributed by atoms with van der Waals surface area (Å²) in [5, 5.41) is 4.91. The van der Waals surface area contributed by atoms with Crippen molar-refractivity contribution in [3.05, 3.63) is 28.0 Å². The minimum atomic E-state index is -3.36. The standard InChI is InChI=1S/C18H25ClN4O3S/c1-12-15(19)9-21-18-17(12)13(2)16-10-22(5-6-23(16)18)27(24,25)8-7-26-11-14-3-4-20-14/h9,14,20H,3-8,10-11H2,1-2H3. The lowest BCUT2D eigenvalue weighted by molar-refractivity contribution is 0.102. The maximum Gasteiger partial charge on any atom is 0.216 e. The first-order chi connectivity index (χ1) is 12.9. The van der Waals surface area contributed by atoms with Crippen LogP contribution in [0.25, 0.3) is 11.0 Å². The molecule has 27 heavy (non-hydrogen) atoms. The van der Waals surface area contributed by atoms with E-state index in [1.807, 2.05) is 13.8 Å². The van der Waals surface area contributed by atoms with Crippen LogP contribution < -0.4 is 5.32 Å². The lowest BCUT2D eigenvalue weighted by Crippen LogP contribution is -2.46. The number of aryl methyl sites for hydroxylation is 2. The van der Waals surface area contributed by atoms with Crippen LogP contribution >= 0.6 is 11.6 Å². The van der Waals surface area contributed by atoms with Gasteiger partial charge in [-0.15, -0.1) is 0 Å². The van der Waals surface area contributed by atoms with Crippen molar-refractivity contribution in [1.82, 2.24) is 19.2 Å². The van der Waals surface area contributed by atoms with Crippen molar-refractivity contribution >= 4 is 32.7 Å². The number of aromatic nitrogens is 2. The Morgan fingerprint density at radius 1 is 1.33 bits per heavy atom. The summed E-state index contributed by atoms with van der Waals surface area (Å²) in [7, 11) is -3.36. The van der Waals surface area contributed by atoms with E-state index in [0.717, 1.165) is 40.8 Å². The highest BCUT2D eigenvalue weighted by Gasteiger charge is 2.30. The van der Waals surface area contributed by atoms with E-state index in [4.69, 9.17) is 16.3 Å². The van der Waals surface area contributed by atoms with Crippen LogP contribution in [0, 0.1) is 13.8 Å². The smallest absolute Gasteiger partial charge is 0.216 e. The number of rotatable bonds is 6. The average Bonchev–Trinajstić information content (AvgIpc) is 2.89. The van der Waals surface area contributed by atoms with Gasteiger partial charge in [-0.05, 0) is 37.9 Å². The second-order valence-electron chi connectivity index (χ2n) is 7.32. The van der Waals surface area contributed by atoms with E-state index in [1.54, 1.807) is 10.5 Å². The predicted octanol–water partition coefficient (Wildman–Crippen LogP) is 1.83. The van der Waals surface area contributed by atoms with Gasteiger partial charge in [-0.3, -0.25) is 0 Å². The molecule has 1 atom stereocenters. The molecule has 148 valence electrons. The van der Waals surface area contributed by atoms with Gasteiger partial charge in [-0.2, -0.15) is 4.31 Å². The fourth-order valence-corrected chi connectivity index (χ4v) is 5.25. The van der Waals surface area contributed by atoms with Crippen molar-refractivity contribution in [3.8, 4) is 0 Å². The van der Waals surface area contributed by atoms with Crippen LogP contribution in [0.5, 0.6) is 0 Å². The van der Waals surface area contributed by atoms with E-state index in [2.05, 4.69) is 14.9 Å². The molecule has 0 aromatic carbocycles. The van der Waals surface area contributed by atoms with E-state index in [1.165, 1.54) is 0 Å². The molecule has 1 N–H and O–H groups in total. The van der Waals surface area contributed by atoms with Gasteiger partial charge in [-0.25, -0.2) is 13.4 Å². The summed E-state index contributed by atoms with van der Waals surface area (Å²) < 4.78 is 34.7. The van der Waals surface area contributed by atoms with Crippen molar-refractivity contribution < 1.29 is 13.2 Å². The molecule has 0 amide bonds. The van der Waals surface area contributed by atoms with Gasteiger partial charge in [0.1, 0.15) is 5.65 Å². The lowest BCUT2D eigenvalue weighted by atomic mass is 10.1. The Balaban J connectivity index is 1.49. The van der Waals surface area contributed by atoms with Gasteiger partial charge < -0.3 is 14.6 Å². The highest BCUT2D eigenvalue weighted by molar-refractivity contribution is 7.89. The number of nitrogens with one attached hydrogen (secondary N) is 1. The molecule has 0 aliphatic carbocycles. The fraction of sp³-hybridized carbons (Fsp3) is 0.611. The number of ether oxygens (including phenoxy) is 1. The molecule has 4 rings (SSSR count). The van der Waals surface area contributed by atoms with Crippen molar-refractivity contribution in [2.75, 3.05) is 32.1 Å². The number of nitrogens with zero attached hydrogens (tertiary/aromatic N) is 3. The van der Waals surface area contributed by atoms with Gasteiger partial charge in [0.15, 0.2) is 0 Å². The van der Waals surface area contributed by atoms with Crippen LogP contribution in [0.1, 0.15) is 23.2 Å². The molecule has 2 aromatic heterocycles. The molecule has 2 aliphatic rings. The SMILES string of the molecule is Cc1c(Cl)cnc2c1c(C)c1n2CCN(S(=O)(=O)CCOCC2CCN2)C1. The van der Waals surface area contributed by atoms with Crippen molar-refractivity contribution in [2.45, 2.75) is 39.4 Å². The molecule has 0 saturated carbocycles. The molecule has 0 bridgehead atoms. The summed E-state index contributed by atoms with van der Waals surface area (Å²) >= 11 is 6.24. The summed E-state index contributed by atoms with van der Waals surface area (Å²) in [6, 6.07) is 0.378. The normalized spacial score (nSPS) is 20.6. The van der Waals surface area contributed by atoms with Gasteiger partial charge >= 0.3 is 0 Å². The summed E-state index contributed by atoms with van der Waals surface area (Å²) in [5.41, 5.74) is 3.94. The van der Waals surface area contributed by atoms with E-state index < -0.39 is 10.0 Å². The monoisotopic (exact) mass is 412 g/mol. The van der Waals surface area contributed by atoms with Crippen molar-refractivity contribution in [2.24, 2.45) is 0 Å². The van der Waals surface area contributed by atoms with Gasteiger partial charge in [0.2, 0.25) is 10.0 Å². The van der Waals surface area contributed by atoms with Gasteiger partial charge in [0, 0.05) is 36.4 Å². The third-order valence-corrected chi connectivity index (χ3v) is 7.83. The Bertz CT molecular complexity index is 969. The second kappa shape index (κ2) is 7.33. The first kappa shape index (κ1) is 19.1. The zero-order valence-corrected chi connectivity index (χ0v) is 17.2. The largest absolute Gasteiger partial charge is 0.379 e. The maximum absolute atomic E-state index is 12.8. The Morgan fingerprint density at radius 3 is 2.81 bits per heavy atom. The molecular formula is C18H25ClN4O3S. The Hall–Kier alpha value is -1.19. The molecule has 1 fully saturated rings. The number of hydrogen-bond donors (Lipinski definition) is 1. The van der Waals surface area contributed by atoms with Crippen LogP contribution in [0.2, 0.25) is 5.02 Å². The number of halogens is 1. The highest BCUT2D eigenvalue weighted by atomic mass is 35.5. The number of sulfonamides is 1. The predicted molar refractivity (Wildman–Crippen MR) is 106 cm³/mol. The van der Waals surface area contributed by atoms with Gasteiger partial charge in [-0.1, -0.05) is 11.6 Å². The molecule has 9 heteroatoms. The van der Waals surface area contributed by atoms with Crippen LogP contribution in [0.15, 0.2) is 6.20 Å². The summed E-state index contributed by atoms with van der Waals surface area (Å²) in [6.45, 7) is 7.24. The quantitative estimate of drug-likeness (QED) is 0.732. The zero-order valence-electron chi connectivity index (χ0n) is 15.7. The molecule has 4 heterocycles. The first-order valence-electron chi connectivity index (χ1n) is 9.30. The van der Waals surface area contributed by atoms with Crippen molar-refractivity contribution in [1.29, 1.82) is 0 Å². The van der Waals surface area contributed by atoms with Gasteiger partial charge in [0.05, 0.1) is 30.5 Å². The van der Waals surface area contributed by atoms with E-state index in [0.29, 0.717) is 37.3 Å². The number of pyridine rings is 1. The summed E-state index contributed by atoms with van der Waals surface area (Å²) in [6.07, 6.45) is 2.77. The summed E-state index contributed by atoms with van der Waals surface area (Å²) in [4.78, 5) is 4.49. The number of fused-ring (bicyclic) bond motifs is 3. The molecule has 7 nitrogen and oxygen atoms in total. The Morgan fingerprint density at radius 2 is 2.11 bits per heavy atom. The fourth-order valence-electron chi connectivity index (χ4n) is 3.84. The van der Waals surface area contributed by atoms with Crippen LogP contribution in [0.3, 0.4) is 0 Å². The molecule has 0 spiro atoms. The Labute approximate surface area is 164 Å². The third kappa shape index (κ3) is 3.49. The Kier molecular flexibility index (Phi) is 5.20. The minimum absolute atomic E-state index is 0.0160. The van der Waals surface area contributed by atoms with E-state index in [9.17, 15) is 8.42 Å². The molecule has 1 unspecified atom stereocenters. The third-order valence-electron chi connectivity index (χ3n) is 5.67. The van der Waals surface area contributed by atoms with E-state index >= 15 is 0 Å². The second-order valence-corrected chi connectivity index (χ2v) is 9.81. The van der Waals surface area contributed by atoms with Crippen LogP contribution in [-0.4, -0.2) is 60.4 Å². The average molecular weight is 413 g/mol. The highest BCUT2D eigenvalue weighted by Crippen LogP contribution is 2.33. The molecular weight excluding hydrogens is 388 g/mol. The molecule has 2 aliphatic heterocycles. The lowest BCUT2D eigenvalue weighted by Gasteiger charge is -2.29. The minimum Gasteiger partial charge on any atom is -0.379 e. The maximum atomic E-state index is 12.8. The first-order valence-corrected chi connectivity index (χ1v) is 11.3. The van der Waals surface area contributed by atoms with Crippen LogP contribution in [-0.2, 0) is 27.8 Å². The van der Waals surface area contributed by atoms with Gasteiger partial charge in [0.25, 0.3) is 0 Å². The number of hydrogen-bond acceptors (Lipinski definition) is 5. The zero-order chi connectivity index (χ0) is 19.2. The summed E-state index contributed by atoms with van der Waals surface area (Å²) in [5.74, 6) is 0.0160. The van der Waals surface area contributed by atoms with E-state index in [-0.39, 0.29) is 12.4 Å². The molecule has 2 aromatic rings. The molecule has 1 saturated heterocycles. The van der Waals surface area contributed by atoms with Crippen LogP contribution in [0.4, 0.5) is 0 Å².